The Morgan fingerprint density at radius 2 is 2.00 bits per heavy atom. The summed E-state index contributed by atoms with van der Waals surface area (Å²) in [6.07, 6.45) is 0. The maximum atomic E-state index is 13.4. The average molecular weight is 351 g/mol. The lowest BCUT2D eigenvalue weighted by atomic mass is 10.1. The highest BCUT2D eigenvalue weighted by Gasteiger charge is 2.15. The van der Waals surface area contributed by atoms with E-state index >= 15 is 0 Å². The molecule has 2 aromatic rings. The number of nitrogens with zero attached hydrogens (tertiary/aromatic N) is 1. The van der Waals surface area contributed by atoms with Crippen molar-refractivity contribution in [2.45, 2.75) is 0 Å². The van der Waals surface area contributed by atoms with E-state index in [1.165, 1.54) is 25.2 Å². The summed E-state index contributed by atoms with van der Waals surface area (Å²) >= 11 is 0. The monoisotopic (exact) mass is 351 g/mol. The lowest BCUT2D eigenvalue weighted by Crippen LogP contribution is -2.21. The predicted molar refractivity (Wildman–Crippen MR) is 86.8 cm³/mol. The van der Waals surface area contributed by atoms with Crippen molar-refractivity contribution in [2.75, 3.05) is 25.5 Å². The molecule has 0 atom stereocenters. The van der Waals surface area contributed by atoms with Gasteiger partial charge in [-0.1, -0.05) is 0 Å². The molecule has 0 fully saturated rings. The maximum absolute atomic E-state index is 13.4. The highest BCUT2D eigenvalue weighted by Crippen LogP contribution is 2.22. The largest absolute Gasteiger partial charge is 0.489 e. The van der Waals surface area contributed by atoms with E-state index in [2.05, 4.69) is 10.6 Å². The van der Waals surface area contributed by atoms with E-state index in [1.807, 2.05) is 0 Å². The van der Waals surface area contributed by atoms with Crippen LogP contribution in [-0.4, -0.2) is 31.0 Å². The van der Waals surface area contributed by atoms with Gasteiger partial charge in [0.25, 0.3) is 11.6 Å². The summed E-state index contributed by atoms with van der Waals surface area (Å²) < 4.78 is 31.4. The molecule has 0 aliphatic heterocycles. The van der Waals surface area contributed by atoms with Gasteiger partial charge in [0.1, 0.15) is 12.4 Å². The van der Waals surface area contributed by atoms with Crippen molar-refractivity contribution in [1.29, 1.82) is 0 Å². The second kappa shape index (κ2) is 8.04. The number of ether oxygens (including phenoxy) is 1. The van der Waals surface area contributed by atoms with Crippen molar-refractivity contribution >= 4 is 17.3 Å². The minimum absolute atomic E-state index is 0.0344. The molecule has 9 heteroatoms. The van der Waals surface area contributed by atoms with Crippen molar-refractivity contribution < 1.29 is 23.2 Å². The number of hydrogen-bond acceptors (Lipinski definition) is 5. The lowest BCUT2D eigenvalue weighted by Gasteiger charge is -2.12. The third-order valence-corrected chi connectivity index (χ3v) is 3.25. The molecule has 25 heavy (non-hydrogen) atoms. The average Bonchev–Trinajstić information content (AvgIpc) is 2.59. The Kier molecular flexibility index (Phi) is 5.83. The van der Waals surface area contributed by atoms with Crippen LogP contribution in [0.4, 0.5) is 20.2 Å². The Hall–Kier alpha value is -3.23. The van der Waals surface area contributed by atoms with Gasteiger partial charge in [-0.05, 0) is 18.2 Å². The van der Waals surface area contributed by atoms with E-state index in [9.17, 15) is 23.7 Å². The van der Waals surface area contributed by atoms with Crippen LogP contribution in [0.15, 0.2) is 36.4 Å². The summed E-state index contributed by atoms with van der Waals surface area (Å²) in [5.41, 5.74) is 0.256. The summed E-state index contributed by atoms with van der Waals surface area (Å²) in [4.78, 5) is 22.1. The van der Waals surface area contributed by atoms with Crippen LogP contribution in [0.5, 0.6) is 5.75 Å². The molecular weight excluding hydrogens is 336 g/mol. The number of halogens is 2. The number of carbonyl (C=O) groups excluding carboxylic acids is 1. The number of anilines is 1. The Bertz CT molecular complexity index is 799. The fraction of sp³-hybridized carbons (Fsp3) is 0.188. The molecule has 0 aliphatic carbocycles. The standard InChI is InChI=1S/C16H15F2N3O4/c1-19-16(22)12-9-11(21(23)24)3-4-14(12)20-6-7-25-15-5-2-10(17)8-13(15)18/h2-5,8-9,20H,6-7H2,1H3,(H,19,22). The fourth-order valence-electron chi connectivity index (χ4n) is 2.06. The first-order valence-electron chi connectivity index (χ1n) is 7.24. The Morgan fingerprint density at radius 1 is 1.24 bits per heavy atom. The molecule has 0 radical (unpaired) electrons. The molecule has 0 aromatic heterocycles. The van der Waals surface area contributed by atoms with E-state index in [4.69, 9.17) is 4.74 Å². The molecule has 0 spiro atoms. The molecule has 1 amide bonds. The van der Waals surface area contributed by atoms with Gasteiger partial charge in [-0.25, -0.2) is 8.78 Å². The smallest absolute Gasteiger partial charge is 0.270 e. The van der Waals surface area contributed by atoms with Gasteiger partial charge in [0.05, 0.1) is 10.5 Å². The van der Waals surface area contributed by atoms with Crippen molar-refractivity contribution in [3.63, 3.8) is 0 Å². The first-order chi connectivity index (χ1) is 11.9. The van der Waals surface area contributed by atoms with Crippen LogP contribution in [0.1, 0.15) is 10.4 Å². The Morgan fingerprint density at radius 3 is 2.64 bits per heavy atom. The van der Waals surface area contributed by atoms with Crippen molar-refractivity contribution in [1.82, 2.24) is 5.32 Å². The van der Waals surface area contributed by atoms with Crippen molar-refractivity contribution in [3.05, 3.63) is 63.7 Å². The molecule has 2 aromatic carbocycles. The predicted octanol–water partition coefficient (Wildman–Crippen LogP) is 2.72. The second-order valence-electron chi connectivity index (χ2n) is 4.92. The van der Waals surface area contributed by atoms with Crippen LogP contribution >= 0.6 is 0 Å². The number of rotatable bonds is 7. The molecule has 0 unspecified atom stereocenters. The molecule has 132 valence electrons. The summed E-state index contributed by atoms with van der Waals surface area (Å²) in [6, 6.07) is 6.78. The van der Waals surface area contributed by atoms with Crippen LogP contribution < -0.4 is 15.4 Å². The lowest BCUT2D eigenvalue weighted by molar-refractivity contribution is -0.384. The van der Waals surface area contributed by atoms with Gasteiger partial charge in [0, 0.05) is 37.5 Å². The van der Waals surface area contributed by atoms with Crippen LogP contribution in [0.2, 0.25) is 0 Å². The zero-order valence-electron chi connectivity index (χ0n) is 13.2. The van der Waals surface area contributed by atoms with Gasteiger partial charge in [0.2, 0.25) is 0 Å². The zero-order chi connectivity index (χ0) is 18.4. The molecule has 7 nitrogen and oxygen atoms in total. The number of carbonyl (C=O) groups is 1. The maximum Gasteiger partial charge on any atom is 0.270 e. The number of nitrogens with one attached hydrogen (secondary N) is 2. The second-order valence-corrected chi connectivity index (χ2v) is 4.92. The highest BCUT2D eigenvalue weighted by atomic mass is 19.1. The zero-order valence-corrected chi connectivity index (χ0v) is 13.2. The van der Waals surface area contributed by atoms with Crippen LogP contribution in [0.25, 0.3) is 0 Å². The SMILES string of the molecule is CNC(=O)c1cc([N+](=O)[O-])ccc1NCCOc1ccc(F)cc1F. The summed E-state index contributed by atoms with van der Waals surface area (Å²) in [5, 5.41) is 16.1. The fourth-order valence-corrected chi connectivity index (χ4v) is 2.06. The van der Waals surface area contributed by atoms with Gasteiger partial charge in [-0.15, -0.1) is 0 Å². The minimum Gasteiger partial charge on any atom is -0.489 e. The number of nitro benzene ring substituents is 1. The first-order valence-corrected chi connectivity index (χ1v) is 7.24. The van der Waals surface area contributed by atoms with Gasteiger partial charge in [0.15, 0.2) is 11.6 Å². The molecule has 0 saturated heterocycles. The summed E-state index contributed by atoms with van der Waals surface area (Å²) in [6.45, 7) is 0.228. The number of non-ortho nitro benzene ring substituents is 1. The van der Waals surface area contributed by atoms with Crippen molar-refractivity contribution in [2.24, 2.45) is 0 Å². The Labute approximate surface area is 141 Å². The van der Waals surface area contributed by atoms with Gasteiger partial charge in [-0.2, -0.15) is 0 Å². The van der Waals surface area contributed by atoms with Gasteiger partial charge in [-0.3, -0.25) is 14.9 Å². The summed E-state index contributed by atoms with van der Waals surface area (Å²) in [7, 11) is 1.41. The van der Waals surface area contributed by atoms with Crippen LogP contribution in [0, 0.1) is 21.7 Å². The number of nitro groups is 1. The highest BCUT2D eigenvalue weighted by molar-refractivity contribution is 6.00. The van der Waals surface area contributed by atoms with E-state index in [0.717, 1.165) is 12.1 Å². The van der Waals surface area contributed by atoms with Crippen LogP contribution in [-0.2, 0) is 0 Å². The molecule has 0 heterocycles. The molecule has 0 saturated carbocycles. The van der Waals surface area contributed by atoms with Crippen LogP contribution in [0.3, 0.4) is 0 Å². The van der Waals surface area contributed by atoms with Gasteiger partial charge < -0.3 is 15.4 Å². The molecule has 0 bridgehead atoms. The van der Waals surface area contributed by atoms with E-state index in [-0.39, 0.29) is 30.2 Å². The first kappa shape index (κ1) is 18.1. The quantitative estimate of drug-likeness (QED) is 0.454. The third-order valence-electron chi connectivity index (χ3n) is 3.25. The third kappa shape index (κ3) is 4.63. The Balaban J connectivity index is 2.02. The molecule has 2 N–H and O–H groups in total. The van der Waals surface area contributed by atoms with E-state index in [0.29, 0.717) is 11.8 Å². The van der Waals surface area contributed by atoms with Gasteiger partial charge >= 0.3 is 0 Å². The molecular formula is C16H15F2N3O4. The number of benzene rings is 2. The molecule has 0 aliphatic rings. The molecule has 2 rings (SSSR count). The normalized spacial score (nSPS) is 10.2. The van der Waals surface area contributed by atoms with Crippen molar-refractivity contribution in [3.8, 4) is 5.75 Å². The number of amides is 1. The number of hydrogen-bond donors (Lipinski definition) is 2. The summed E-state index contributed by atoms with van der Waals surface area (Å²) in [5.74, 6) is -2.11. The minimum atomic E-state index is -0.818. The van der Waals surface area contributed by atoms with E-state index < -0.39 is 22.5 Å². The van der Waals surface area contributed by atoms with E-state index in [1.54, 1.807) is 0 Å². The topological polar surface area (TPSA) is 93.5 Å².